The van der Waals surface area contributed by atoms with E-state index in [1.165, 1.54) is 27.6 Å². The fraction of sp³-hybridized carbons (Fsp3) is 0.429. The summed E-state index contributed by atoms with van der Waals surface area (Å²) >= 11 is 1.43. The number of carbonyl (C=O) groups excluding carboxylic acids is 1. The fourth-order valence-corrected chi connectivity index (χ4v) is 3.43. The molecule has 6 nitrogen and oxygen atoms in total. The van der Waals surface area contributed by atoms with E-state index in [0.717, 1.165) is 5.56 Å². The Bertz CT molecular complexity index is 564. The highest BCUT2D eigenvalue weighted by Gasteiger charge is 2.37. The molecule has 114 valence electrons. The van der Waals surface area contributed by atoms with Gasteiger partial charge in [0.1, 0.15) is 11.8 Å². The first-order chi connectivity index (χ1) is 9.95. The number of urea groups is 1. The van der Waals surface area contributed by atoms with Crippen LogP contribution in [-0.4, -0.2) is 51.3 Å². The van der Waals surface area contributed by atoms with Crippen molar-refractivity contribution in [3.63, 3.8) is 0 Å². The normalized spacial score (nSPS) is 17.8. The number of phenolic OH excluding ortho intramolecular Hbond substituents is 1. The van der Waals surface area contributed by atoms with Crippen molar-refractivity contribution in [2.24, 2.45) is 0 Å². The number of hydrogen-bond donors (Lipinski definition) is 2. The van der Waals surface area contributed by atoms with Crippen molar-refractivity contribution >= 4 is 29.4 Å². The first-order valence-corrected chi connectivity index (χ1v) is 7.79. The number of carboxylic acid groups (broad SMARTS) is 1. The second-order valence-electron chi connectivity index (χ2n) is 4.82. The highest BCUT2D eigenvalue weighted by atomic mass is 32.2. The summed E-state index contributed by atoms with van der Waals surface area (Å²) in [6, 6.07) is 3.67. The van der Waals surface area contributed by atoms with E-state index in [0.29, 0.717) is 23.9 Å². The summed E-state index contributed by atoms with van der Waals surface area (Å²) in [7, 11) is 0. The van der Waals surface area contributed by atoms with E-state index < -0.39 is 12.0 Å². The van der Waals surface area contributed by atoms with Crippen molar-refractivity contribution in [1.82, 2.24) is 4.90 Å². The maximum absolute atomic E-state index is 12.6. The quantitative estimate of drug-likeness (QED) is 0.893. The van der Waals surface area contributed by atoms with Crippen molar-refractivity contribution in [2.45, 2.75) is 19.9 Å². The molecule has 0 saturated carbocycles. The molecule has 0 spiro atoms. The SMILES string of the molecule is CCN(C(=O)N1CSC[C@H]1C(=O)O)c1cc(O)ccc1C. The van der Waals surface area contributed by atoms with Crippen LogP contribution >= 0.6 is 11.8 Å². The first-order valence-electron chi connectivity index (χ1n) is 6.64. The number of hydrogen-bond acceptors (Lipinski definition) is 4. The third-order valence-corrected chi connectivity index (χ3v) is 4.46. The zero-order valence-electron chi connectivity index (χ0n) is 11.9. The lowest BCUT2D eigenvalue weighted by Crippen LogP contribution is -2.49. The van der Waals surface area contributed by atoms with Gasteiger partial charge < -0.3 is 15.1 Å². The topological polar surface area (TPSA) is 81.1 Å². The van der Waals surface area contributed by atoms with Gasteiger partial charge in [-0.25, -0.2) is 9.59 Å². The molecule has 1 heterocycles. The molecule has 0 aromatic heterocycles. The smallest absolute Gasteiger partial charge is 0.327 e. The lowest BCUT2D eigenvalue weighted by Gasteiger charge is -2.30. The second kappa shape index (κ2) is 6.26. The van der Waals surface area contributed by atoms with Crippen molar-refractivity contribution < 1.29 is 19.8 Å². The molecule has 0 radical (unpaired) electrons. The molecular formula is C14H18N2O4S. The Morgan fingerprint density at radius 1 is 1.48 bits per heavy atom. The maximum atomic E-state index is 12.6. The number of anilines is 1. The number of amides is 2. The molecule has 1 aromatic rings. The lowest BCUT2D eigenvalue weighted by atomic mass is 10.1. The van der Waals surface area contributed by atoms with Crippen molar-refractivity contribution in [3.8, 4) is 5.75 Å². The first kappa shape index (κ1) is 15.5. The van der Waals surface area contributed by atoms with Crippen LogP contribution in [0.1, 0.15) is 12.5 Å². The Morgan fingerprint density at radius 2 is 2.19 bits per heavy atom. The molecule has 21 heavy (non-hydrogen) atoms. The minimum absolute atomic E-state index is 0.0763. The van der Waals surface area contributed by atoms with E-state index in [9.17, 15) is 19.8 Å². The zero-order chi connectivity index (χ0) is 15.6. The summed E-state index contributed by atoms with van der Waals surface area (Å²) in [5.74, 6) is -0.147. The fourth-order valence-electron chi connectivity index (χ4n) is 2.29. The van der Waals surface area contributed by atoms with Crippen LogP contribution in [0.3, 0.4) is 0 Å². The average Bonchev–Trinajstić information content (AvgIpc) is 2.92. The van der Waals surface area contributed by atoms with Crippen LogP contribution in [0, 0.1) is 6.92 Å². The van der Waals surface area contributed by atoms with E-state index in [4.69, 9.17) is 0 Å². The number of carbonyl (C=O) groups is 2. The molecule has 2 rings (SSSR count). The Kier molecular flexibility index (Phi) is 4.62. The van der Waals surface area contributed by atoms with Gasteiger partial charge in [-0.3, -0.25) is 4.90 Å². The molecule has 7 heteroatoms. The molecule has 0 aliphatic carbocycles. The van der Waals surface area contributed by atoms with Crippen molar-refractivity contribution in [1.29, 1.82) is 0 Å². The highest BCUT2D eigenvalue weighted by molar-refractivity contribution is 7.99. The number of thioether (sulfide) groups is 1. The van der Waals surface area contributed by atoms with Crippen LogP contribution in [0.2, 0.25) is 0 Å². The van der Waals surface area contributed by atoms with E-state index in [2.05, 4.69) is 0 Å². The molecule has 2 N–H and O–H groups in total. The predicted molar refractivity (Wildman–Crippen MR) is 81.8 cm³/mol. The largest absolute Gasteiger partial charge is 0.508 e. The third kappa shape index (κ3) is 3.07. The molecule has 1 fully saturated rings. The Labute approximate surface area is 127 Å². The monoisotopic (exact) mass is 310 g/mol. The minimum Gasteiger partial charge on any atom is -0.508 e. The summed E-state index contributed by atoms with van der Waals surface area (Å²) in [4.78, 5) is 26.7. The number of carboxylic acids is 1. The summed E-state index contributed by atoms with van der Waals surface area (Å²) < 4.78 is 0. The Hall–Kier alpha value is -1.89. The maximum Gasteiger partial charge on any atom is 0.327 e. The van der Waals surface area contributed by atoms with Crippen LogP contribution in [0.5, 0.6) is 5.75 Å². The van der Waals surface area contributed by atoms with Crippen LogP contribution in [0.4, 0.5) is 10.5 Å². The molecule has 1 saturated heterocycles. The Morgan fingerprint density at radius 3 is 2.81 bits per heavy atom. The second-order valence-corrected chi connectivity index (χ2v) is 5.82. The minimum atomic E-state index is -0.989. The molecule has 2 amide bonds. The van der Waals surface area contributed by atoms with Crippen LogP contribution in [0.25, 0.3) is 0 Å². The number of phenols is 1. The molecule has 0 unspecified atom stereocenters. The standard InChI is InChI=1S/C14H18N2O4S/c1-3-15(11-6-10(17)5-4-9(11)2)14(20)16-8-21-7-12(16)13(18)19/h4-6,12,17H,3,7-8H2,1-2H3,(H,18,19)/t12-/m0/s1. The van der Waals surface area contributed by atoms with Gasteiger partial charge in [0.15, 0.2) is 0 Å². The van der Waals surface area contributed by atoms with Crippen LogP contribution < -0.4 is 4.90 Å². The number of rotatable bonds is 3. The van der Waals surface area contributed by atoms with Gasteiger partial charge in [0.05, 0.1) is 11.6 Å². The van der Waals surface area contributed by atoms with Gasteiger partial charge >= 0.3 is 12.0 Å². The Balaban J connectivity index is 2.30. The van der Waals surface area contributed by atoms with Crippen LogP contribution in [-0.2, 0) is 4.79 Å². The number of aryl methyl sites for hydroxylation is 1. The molecule has 1 aliphatic heterocycles. The average molecular weight is 310 g/mol. The van der Waals surface area contributed by atoms with Crippen molar-refractivity contribution in [2.75, 3.05) is 23.1 Å². The summed E-state index contributed by atoms with van der Waals surface area (Å²) in [6.07, 6.45) is 0. The van der Waals surface area contributed by atoms with Crippen LogP contribution in [0.15, 0.2) is 18.2 Å². The van der Waals surface area contributed by atoms with E-state index in [1.807, 2.05) is 13.8 Å². The van der Waals surface area contributed by atoms with Gasteiger partial charge in [0.2, 0.25) is 0 Å². The molecule has 0 bridgehead atoms. The number of aliphatic carboxylic acids is 1. The molecule has 1 atom stereocenters. The van der Waals surface area contributed by atoms with Gasteiger partial charge in [-0.15, -0.1) is 11.8 Å². The number of benzene rings is 1. The van der Waals surface area contributed by atoms with Gasteiger partial charge in [-0.1, -0.05) is 6.07 Å². The zero-order valence-corrected chi connectivity index (χ0v) is 12.8. The molecular weight excluding hydrogens is 292 g/mol. The molecule has 1 aliphatic rings. The van der Waals surface area contributed by atoms with E-state index in [1.54, 1.807) is 12.1 Å². The van der Waals surface area contributed by atoms with E-state index in [-0.39, 0.29) is 11.8 Å². The summed E-state index contributed by atoms with van der Waals surface area (Å²) in [5.41, 5.74) is 1.45. The number of nitrogens with zero attached hydrogens (tertiary/aromatic N) is 2. The lowest BCUT2D eigenvalue weighted by molar-refractivity contribution is -0.140. The summed E-state index contributed by atoms with van der Waals surface area (Å²) in [5, 5.41) is 18.8. The molecule has 1 aromatic carbocycles. The van der Waals surface area contributed by atoms with Gasteiger partial charge in [0.25, 0.3) is 0 Å². The van der Waals surface area contributed by atoms with Gasteiger partial charge in [-0.2, -0.15) is 0 Å². The van der Waals surface area contributed by atoms with Gasteiger partial charge in [-0.05, 0) is 25.5 Å². The van der Waals surface area contributed by atoms with Gasteiger partial charge in [0, 0.05) is 18.4 Å². The predicted octanol–water partition coefficient (Wildman–Crippen LogP) is 2.11. The van der Waals surface area contributed by atoms with Crippen molar-refractivity contribution in [3.05, 3.63) is 23.8 Å². The highest BCUT2D eigenvalue weighted by Crippen LogP contribution is 2.29. The third-order valence-electron chi connectivity index (χ3n) is 3.44. The van der Waals surface area contributed by atoms with E-state index >= 15 is 0 Å². The number of aromatic hydroxyl groups is 1. The summed E-state index contributed by atoms with van der Waals surface area (Å²) in [6.45, 7) is 4.06.